The monoisotopic (exact) mass is 394 g/mol. The molecule has 1 atom stereocenters. The molecule has 3 rings (SSSR count). The van der Waals surface area contributed by atoms with E-state index in [9.17, 15) is 9.59 Å². The average molecular weight is 395 g/mol. The summed E-state index contributed by atoms with van der Waals surface area (Å²) in [7, 11) is 1.58. The molecule has 1 aliphatic rings. The maximum absolute atomic E-state index is 13.3. The van der Waals surface area contributed by atoms with Crippen molar-refractivity contribution in [1.82, 2.24) is 10.2 Å². The molecule has 0 saturated carbocycles. The Bertz CT molecular complexity index is 877. The van der Waals surface area contributed by atoms with Gasteiger partial charge >= 0.3 is 0 Å². The Morgan fingerprint density at radius 2 is 1.90 bits per heavy atom. The number of fused-ring (bicyclic) bond motifs is 1. The van der Waals surface area contributed by atoms with Crippen LogP contribution in [0.4, 0.5) is 0 Å². The number of unbranched alkanes of at least 4 members (excludes halogenated alkanes) is 1. The molecule has 2 aromatic rings. The highest BCUT2D eigenvalue weighted by Crippen LogP contribution is 2.38. The third-order valence-electron chi connectivity index (χ3n) is 5.56. The zero-order chi connectivity index (χ0) is 21.0. The first-order valence-electron chi connectivity index (χ1n) is 10.2. The van der Waals surface area contributed by atoms with E-state index in [0.29, 0.717) is 24.4 Å². The molecule has 29 heavy (non-hydrogen) atoms. The number of ether oxygens (including phenoxy) is 1. The van der Waals surface area contributed by atoms with Crippen LogP contribution in [0.15, 0.2) is 48.5 Å². The number of hydrogen-bond donors (Lipinski definition) is 1. The molecule has 1 aliphatic heterocycles. The van der Waals surface area contributed by atoms with E-state index in [1.807, 2.05) is 30.3 Å². The van der Waals surface area contributed by atoms with Crippen molar-refractivity contribution in [2.45, 2.75) is 45.1 Å². The molecule has 0 bridgehead atoms. The van der Waals surface area contributed by atoms with Gasteiger partial charge < -0.3 is 15.0 Å². The van der Waals surface area contributed by atoms with Crippen LogP contribution < -0.4 is 10.1 Å². The molecule has 0 saturated heterocycles. The van der Waals surface area contributed by atoms with Gasteiger partial charge in [-0.3, -0.25) is 9.59 Å². The van der Waals surface area contributed by atoms with Gasteiger partial charge in [0.05, 0.1) is 7.11 Å². The first kappa shape index (κ1) is 20.9. The highest BCUT2D eigenvalue weighted by Gasteiger charge is 2.43. The van der Waals surface area contributed by atoms with Crippen LogP contribution in [0.3, 0.4) is 0 Å². The number of nitrogens with one attached hydrogen (secondary N) is 1. The van der Waals surface area contributed by atoms with Crippen molar-refractivity contribution in [2.24, 2.45) is 0 Å². The summed E-state index contributed by atoms with van der Waals surface area (Å²) in [4.78, 5) is 28.1. The lowest BCUT2D eigenvalue weighted by Crippen LogP contribution is -2.44. The topological polar surface area (TPSA) is 58.6 Å². The van der Waals surface area contributed by atoms with Gasteiger partial charge in [-0.2, -0.15) is 0 Å². The van der Waals surface area contributed by atoms with Gasteiger partial charge in [0.1, 0.15) is 11.8 Å². The Hall–Kier alpha value is -2.82. The van der Waals surface area contributed by atoms with Crippen molar-refractivity contribution in [3.05, 3.63) is 65.2 Å². The fraction of sp³-hybridized carbons (Fsp3) is 0.417. The maximum Gasteiger partial charge on any atom is 0.255 e. The second kappa shape index (κ2) is 8.68. The number of nitrogens with zero attached hydrogens (tertiary/aromatic N) is 1. The van der Waals surface area contributed by atoms with E-state index in [-0.39, 0.29) is 17.2 Å². The van der Waals surface area contributed by atoms with Gasteiger partial charge in [0.15, 0.2) is 0 Å². The van der Waals surface area contributed by atoms with Crippen LogP contribution in [0.25, 0.3) is 0 Å². The molecular formula is C24H30N2O3. The Kier molecular flexibility index (Phi) is 6.26. The Morgan fingerprint density at radius 1 is 1.17 bits per heavy atom. The molecule has 1 heterocycles. The Labute approximate surface area is 173 Å². The highest BCUT2D eigenvalue weighted by molar-refractivity contribution is 6.05. The number of carbonyl (C=O) groups is 2. The van der Waals surface area contributed by atoms with E-state index in [2.05, 4.69) is 38.2 Å². The Morgan fingerprint density at radius 3 is 2.55 bits per heavy atom. The van der Waals surface area contributed by atoms with Gasteiger partial charge in [0, 0.05) is 24.1 Å². The molecule has 0 radical (unpaired) electrons. The molecule has 154 valence electrons. The smallest absolute Gasteiger partial charge is 0.255 e. The predicted octanol–water partition coefficient (Wildman–Crippen LogP) is 4.09. The summed E-state index contributed by atoms with van der Waals surface area (Å²) in [6, 6.07) is 14.9. The minimum absolute atomic E-state index is 0.125. The highest BCUT2D eigenvalue weighted by atomic mass is 16.5. The number of hydrogen-bond acceptors (Lipinski definition) is 3. The summed E-state index contributed by atoms with van der Waals surface area (Å²) in [6.45, 7) is 7.35. The average Bonchev–Trinajstić information content (AvgIpc) is 2.99. The number of amides is 2. The molecule has 0 fully saturated rings. The minimum atomic E-state index is -0.622. The zero-order valence-electron chi connectivity index (χ0n) is 17.7. The number of carbonyl (C=O) groups excluding carboxylic acids is 2. The van der Waals surface area contributed by atoms with Gasteiger partial charge in [-0.1, -0.05) is 63.6 Å². The van der Waals surface area contributed by atoms with Crippen LogP contribution in [0.1, 0.15) is 61.1 Å². The van der Waals surface area contributed by atoms with Crippen molar-refractivity contribution >= 4 is 11.8 Å². The molecule has 2 amide bonds. The largest absolute Gasteiger partial charge is 0.497 e. The third-order valence-corrected chi connectivity index (χ3v) is 5.56. The third kappa shape index (κ3) is 4.29. The lowest BCUT2D eigenvalue weighted by Gasteiger charge is -2.34. The number of benzene rings is 2. The van der Waals surface area contributed by atoms with Gasteiger partial charge in [-0.15, -0.1) is 0 Å². The maximum atomic E-state index is 13.3. The molecule has 1 unspecified atom stereocenters. The molecular weight excluding hydrogens is 364 g/mol. The lowest BCUT2D eigenvalue weighted by atomic mass is 9.84. The Balaban J connectivity index is 1.94. The van der Waals surface area contributed by atoms with Crippen molar-refractivity contribution in [2.75, 3.05) is 20.2 Å². The van der Waals surface area contributed by atoms with Gasteiger partial charge in [-0.25, -0.2) is 0 Å². The predicted molar refractivity (Wildman–Crippen MR) is 114 cm³/mol. The van der Waals surface area contributed by atoms with E-state index in [4.69, 9.17) is 4.74 Å². The standard InChI is InChI=1S/C24H30N2O3/c1-5-6-14-25-22(27)21-19-13-12-18(29-4)15-20(19)23(28)26(21)16-24(2,3)17-10-8-7-9-11-17/h7-13,15,21H,5-6,14,16H2,1-4H3,(H,25,27). The van der Waals surface area contributed by atoms with Crippen molar-refractivity contribution in [3.63, 3.8) is 0 Å². The minimum Gasteiger partial charge on any atom is -0.497 e. The van der Waals surface area contributed by atoms with E-state index in [1.54, 1.807) is 18.1 Å². The van der Waals surface area contributed by atoms with Crippen LogP contribution in [-0.2, 0) is 10.2 Å². The second-order valence-corrected chi connectivity index (χ2v) is 8.18. The summed E-state index contributed by atoms with van der Waals surface area (Å²) in [5.74, 6) is 0.365. The molecule has 2 aromatic carbocycles. The molecule has 0 aromatic heterocycles. The van der Waals surface area contributed by atoms with Gasteiger partial charge in [0.2, 0.25) is 5.91 Å². The molecule has 5 heteroatoms. The SMILES string of the molecule is CCCCNC(=O)C1c2ccc(OC)cc2C(=O)N1CC(C)(C)c1ccccc1. The summed E-state index contributed by atoms with van der Waals surface area (Å²) in [5, 5.41) is 3.01. The summed E-state index contributed by atoms with van der Waals surface area (Å²) in [5.41, 5.74) is 2.12. The van der Waals surface area contributed by atoms with Crippen molar-refractivity contribution < 1.29 is 14.3 Å². The van der Waals surface area contributed by atoms with Crippen LogP contribution in [0.5, 0.6) is 5.75 Å². The van der Waals surface area contributed by atoms with E-state index < -0.39 is 6.04 Å². The number of methoxy groups -OCH3 is 1. The fourth-order valence-corrected chi connectivity index (χ4v) is 3.86. The van der Waals surface area contributed by atoms with E-state index in [0.717, 1.165) is 24.0 Å². The molecule has 1 N–H and O–H groups in total. The van der Waals surface area contributed by atoms with Gasteiger partial charge in [0.25, 0.3) is 5.91 Å². The first-order valence-corrected chi connectivity index (χ1v) is 10.2. The number of rotatable bonds is 8. The van der Waals surface area contributed by atoms with Crippen LogP contribution in [0, 0.1) is 0 Å². The molecule has 0 aliphatic carbocycles. The molecule has 0 spiro atoms. The normalized spacial score (nSPS) is 15.9. The quantitative estimate of drug-likeness (QED) is 0.686. The fourth-order valence-electron chi connectivity index (χ4n) is 3.86. The van der Waals surface area contributed by atoms with Crippen LogP contribution in [-0.4, -0.2) is 36.9 Å². The molecule has 5 nitrogen and oxygen atoms in total. The zero-order valence-corrected chi connectivity index (χ0v) is 17.7. The van der Waals surface area contributed by atoms with Gasteiger partial charge in [-0.05, 0) is 29.7 Å². The second-order valence-electron chi connectivity index (χ2n) is 8.18. The summed E-state index contributed by atoms with van der Waals surface area (Å²) >= 11 is 0. The summed E-state index contributed by atoms with van der Waals surface area (Å²) in [6.07, 6.45) is 1.92. The first-order chi connectivity index (χ1) is 13.9. The lowest BCUT2D eigenvalue weighted by molar-refractivity contribution is -0.125. The van der Waals surface area contributed by atoms with Crippen LogP contribution in [0.2, 0.25) is 0 Å². The van der Waals surface area contributed by atoms with Crippen LogP contribution >= 0.6 is 0 Å². The summed E-state index contributed by atoms with van der Waals surface area (Å²) < 4.78 is 5.30. The van der Waals surface area contributed by atoms with Crippen molar-refractivity contribution in [3.8, 4) is 5.75 Å². The van der Waals surface area contributed by atoms with E-state index in [1.165, 1.54) is 0 Å². The van der Waals surface area contributed by atoms with E-state index >= 15 is 0 Å². The van der Waals surface area contributed by atoms with Crippen molar-refractivity contribution in [1.29, 1.82) is 0 Å².